The van der Waals surface area contributed by atoms with Crippen LogP contribution in [0, 0.1) is 11.8 Å². The highest BCUT2D eigenvalue weighted by molar-refractivity contribution is 5.83. The van der Waals surface area contributed by atoms with E-state index >= 15 is 0 Å². The number of allylic oxidation sites excluding steroid dienone is 3. The largest absolute Gasteiger partial charge is 0.457 e. The predicted octanol–water partition coefficient (Wildman–Crippen LogP) is 4.88. The number of esters is 1. The van der Waals surface area contributed by atoms with Crippen molar-refractivity contribution < 1.29 is 14.6 Å². The van der Waals surface area contributed by atoms with E-state index in [4.69, 9.17) is 4.74 Å². The number of rotatable bonds is 5. The molecule has 0 spiro atoms. The van der Waals surface area contributed by atoms with E-state index in [0.29, 0.717) is 18.3 Å². The Balaban J connectivity index is 2.01. The molecule has 3 atom stereocenters. The zero-order valence-corrected chi connectivity index (χ0v) is 16.1. The van der Waals surface area contributed by atoms with Gasteiger partial charge < -0.3 is 9.84 Å². The van der Waals surface area contributed by atoms with E-state index in [2.05, 4.69) is 13.2 Å². The van der Waals surface area contributed by atoms with Gasteiger partial charge in [-0.1, -0.05) is 36.0 Å². The van der Waals surface area contributed by atoms with Gasteiger partial charge in [-0.15, -0.1) is 0 Å². The molecule has 0 aromatic carbocycles. The molecule has 0 radical (unpaired) electrons. The lowest BCUT2D eigenvalue weighted by Crippen LogP contribution is -2.23. The third-order valence-corrected chi connectivity index (χ3v) is 5.06. The minimum atomic E-state index is -0.505. The quantitative estimate of drug-likeness (QED) is 0.334. The first-order valence-corrected chi connectivity index (χ1v) is 9.21. The predicted molar refractivity (Wildman–Crippen MR) is 102 cm³/mol. The third kappa shape index (κ3) is 5.71. The molecule has 0 aliphatic heterocycles. The molecule has 138 valence electrons. The van der Waals surface area contributed by atoms with Crippen molar-refractivity contribution in [1.82, 2.24) is 0 Å². The number of carbonyl (C=O) groups is 1. The summed E-state index contributed by atoms with van der Waals surface area (Å²) in [5.41, 5.74) is 3.90. The van der Waals surface area contributed by atoms with E-state index in [1.807, 2.05) is 33.8 Å². The molecule has 0 saturated heterocycles. The van der Waals surface area contributed by atoms with Crippen molar-refractivity contribution >= 4 is 5.97 Å². The first kappa shape index (κ1) is 19.7. The van der Waals surface area contributed by atoms with Gasteiger partial charge >= 0.3 is 5.97 Å². The fourth-order valence-corrected chi connectivity index (χ4v) is 3.77. The van der Waals surface area contributed by atoms with Crippen molar-refractivity contribution in [1.29, 1.82) is 0 Å². The number of hydrogen-bond acceptors (Lipinski definition) is 3. The average Bonchev–Trinajstić information content (AvgIpc) is 2.77. The third-order valence-electron chi connectivity index (χ3n) is 5.06. The van der Waals surface area contributed by atoms with Crippen LogP contribution in [0.3, 0.4) is 0 Å². The fraction of sp³-hybridized carbons (Fsp3) is 0.591. The Bertz CT molecular complexity index is 616. The van der Waals surface area contributed by atoms with Gasteiger partial charge in [-0.05, 0) is 70.8 Å². The molecule has 0 amide bonds. The standard InChI is InChI=1S/C22H32O3/c1-14(2)15(3)9-20(23)12-17-8-7-16-10-18(17)11-19(16)13-21(24)25-22(4,5)6/h12-13,16,18,20,23H,1,3,7-11H2,2,4-6H3/b17-12-,19-13-/t16?,18-,20+/m0/s1. The fourth-order valence-electron chi connectivity index (χ4n) is 3.77. The van der Waals surface area contributed by atoms with Gasteiger partial charge in [0.1, 0.15) is 5.60 Å². The van der Waals surface area contributed by atoms with Crippen molar-refractivity contribution in [3.05, 3.63) is 47.6 Å². The Labute approximate surface area is 152 Å². The SMILES string of the molecule is C=C(C)C(=C)C[C@@H](O)/C=C1/CCC2C[C@H]1C/C2=C/C(=O)OC(C)(C)C. The summed E-state index contributed by atoms with van der Waals surface area (Å²) in [5.74, 6) is 0.691. The summed E-state index contributed by atoms with van der Waals surface area (Å²) < 4.78 is 5.42. The second-order valence-corrected chi connectivity index (χ2v) is 8.52. The Kier molecular flexibility index (Phi) is 6.10. The van der Waals surface area contributed by atoms with Crippen LogP contribution in [0.5, 0.6) is 0 Å². The molecule has 3 heteroatoms. The number of aliphatic hydroxyl groups is 1. The second-order valence-electron chi connectivity index (χ2n) is 8.52. The van der Waals surface area contributed by atoms with E-state index < -0.39 is 11.7 Å². The number of hydrogen-bond donors (Lipinski definition) is 1. The molecule has 2 rings (SSSR count). The van der Waals surface area contributed by atoms with E-state index in [1.54, 1.807) is 6.08 Å². The topological polar surface area (TPSA) is 46.5 Å². The van der Waals surface area contributed by atoms with E-state index in [9.17, 15) is 9.90 Å². The normalized spacial score (nSPS) is 27.4. The molecular weight excluding hydrogens is 312 g/mol. The van der Waals surface area contributed by atoms with Crippen molar-refractivity contribution in [2.24, 2.45) is 11.8 Å². The Hall–Kier alpha value is -1.61. The molecule has 1 unspecified atom stereocenters. The summed E-state index contributed by atoms with van der Waals surface area (Å²) in [5, 5.41) is 10.3. The zero-order chi connectivity index (χ0) is 18.8. The molecule has 1 N–H and O–H groups in total. The molecule has 2 bridgehead atoms. The minimum Gasteiger partial charge on any atom is -0.457 e. The number of carbonyl (C=O) groups excluding carboxylic acids is 1. The molecule has 3 nitrogen and oxygen atoms in total. The Morgan fingerprint density at radius 3 is 2.60 bits per heavy atom. The summed E-state index contributed by atoms with van der Waals surface area (Å²) in [6, 6.07) is 0. The first-order valence-electron chi connectivity index (χ1n) is 9.21. The molecular formula is C22H32O3. The van der Waals surface area contributed by atoms with Crippen molar-refractivity contribution in [3.8, 4) is 0 Å². The monoisotopic (exact) mass is 344 g/mol. The van der Waals surface area contributed by atoms with Crippen molar-refractivity contribution in [3.63, 3.8) is 0 Å². The van der Waals surface area contributed by atoms with Crippen LogP contribution < -0.4 is 0 Å². The van der Waals surface area contributed by atoms with Gasteiger partial charge in [0.2, 0.25) is 0 Å². The van der Waals surface area contributed by atoms with Crippen molar-refractivity contribution in [2.75, 3.05) is 0 Å². The van der Waals surface area contributed by atoms with Crippen LogP contribution in [-0.4, -0.2) is 22.8 Å². The van der Waals surface area contributed by atoms with Crippen LogP contribution in [0.15, 0.2) is 47.6 Å². The van der Waals surface area contributed by atoms with Crippen LogP contribution in [-0.2, 0) is 9.53 Å². The lowest BCUT2D eigenvalue weighted by atomic mass is 9.83. The van der Waals surface area contributed by atoms with Gasteiger partial charge in [-0.25, -0.2) is 4.79 Å². The van der Waals surface area contributed by atoms with Gasteiger partial charge in [-0.3, -0.25) is 0 Å². The van der Waals surface area contributed by atoms with Crippen LogP contribution in [0.25, 0.3) is 0 Å². The zero-order valence-electron chi connectivity index (χ0n) is 16.1. The first-order chi connectivity index (χ1) is 11.5. The highest BCUT2D eigenvalue weighted by atomic mass is 16.6. The van der Waals surface area contributed by atoms with Crippen LogP contribution in [0.2, 0.25) is 0 Å². The van der Waals surface area contributed by atoms with Crippen LogP contribution >= 0.6 is 0 Å². The van der Waals surface area contributed by atoms with E-state index in [-0.39, 0.29) is 5.97 Å². The summed E-state index contributed by atoms with van der Waals surface area (Å²) in [4.78, 5) is 12.1. The maximum Gasteiger partial charge on any atom is 0.331 e. The second kappa shape index (κ2) is 7.74. The molecule has 25 heavy (non-hydrogen) atoms. The lowest BCUT2D eigenvalue weighted by molar-refractivity contribution is -0.148. The molecule has 2 saturated carbocycles. The summed E-state index contributed by atoms with van der Waals surface area (Å²) in [6.45, 7) is 15.4. The minimum absolute atomic E-state index is 0.238. The molecule has 2 aliphatic rings. The van der Waals surface area contributed by atoms with Gasteiger partial charge in [0.05, 0.1) is 6.10 Å². The van der Waals surface area contributed by atoms with Gasteiger partial charge in [0, 0.05) is 12.5 Å². The summed E-state index contributed by atoms with van der Waals surface area (Å²) in [6.07, 6.45) is 7.77. The van der Waals surface area contributed by atoms with E-state index in [1.165, 1.54) is 11.1 Å². The number of ether oxygens (including phenoxy) is 1. The molecule has 2 aliphatic carbocycles. The lowest BCUT2D eigenvalue weighted by Gasteiger charge is -2.23. The number of aliphatic hydroxyl groups excluding tert-OH is 1. The molecule has 0 aromatic rings. The van der Waals surface area contributed by atoms with Crippen LogP contribution in [0.4, 0.5) is 0 Å². The summed E-state index contributed by atoms with van der Waals surface area (Å²) >= 11 is 0. The van der Waals surface area contributed by atoms with Crippen molar-refractivity contribution in [2.45, 2.75) is 71.5 Å². The van der Waals surface area contributed by atoms with E-state index in [0.717, 1.165) is 36.8 Å². The average molecular weight is 344 g/mol. The molecule has 0 aromatic heterocycles. The summed E-state index contributed by atoms with van der Waals surface area (Å²) in [7, 11) is 0. The van der Waals surface area contributed by atoms with Gasteiger partial charge in [-0.2, -0.15) is 0 Å². The Morgan fingerprint density at radius 1 is 1.32 bits per heavy atom. The van der Waals surface area contributed by atoms with Gasteiger partial charge in [0.15, 0.2) is 0 Å². The highest BCUT2D eigenvalue weighted by Gasteiger charge is 2.36. The molecule has 2 fully saturated rings. The maximum absolute atomic E-state index is 12.1. The van der Waals surface area contributed by atoms with Crippen LogP contribution in [0.1, 0.15) is 59.8 Å². The Morgan fingerprint density at radius 2 is 2.00 bits per heavy atom. The van der Waals surface area contributed by atoms with Gasteiger partial charge in [0.25, 0.3) is 0 Å². The highest BCUT2D eigenvalue weighted by Crippen LogP contribution is 2.48. The molecule has 0 heterocycles. The maximum atomic E-state index is 12.1. The number of fused-ring (bicyclic) bond motifs is 2. The smallest absolute Gasteiger partial charge is 0.331 e.